The van der Waals surface area contributed by atoms with Crippen LogP contribution in [0.3, 0.4) is 0 Å². The highest BCUT2D eigenvalue weighted by Gasteiger charge is 2.10. The van der Waals surface area contributed by atoms with Crippen molar-refractivity contribution < 1.29 is 4.79 Å². The molecule has 1 atom stereocenters. The summed E-state index contributed by atoms with van der Waals surface area (Å²) in [6.45, 7) is 3.88. The molecule has 0 fully saturated rings. The minimum Gasteiger partial charge on any atom is -0.349 e. The summed E-state index contributed by atoms with van der Waals surface area (Å²) >= 11 is 1.35. The molecule has 0 aliphatic carbocycles. The first-order valence-corrected chi connectivity index (χ1v) is 7.40. The summed E-state index contributed by atoms with van der Waals surface area (Å²) in [6.07, 6.45) is 1.70. The van der Waals surface area contributed by atoms with E-state index in [0.29, 0.717) is 10.9 Å². The van der Waals surface area contributed by atoms with Gasteiger partial charge < -0.3 is 5.32 Å². The summed E-state index contributed by atoms with van der Waals surface area (Å²) in [5.41, 5.74) is 2.00. The topological polar surface area (TPSA) is 54.9 Å². The molecule has 5 heteroatoms. The minimum absolute atomic E-state index is 0.00253. The second-order valence-corrected chi connectivity index (χ2v) is 5.41. The van der Waals surface area contributed by atoms with Crippen molar-refractivity contribution in [3.63, 3.8) is 0 Å². The molecular weight excluding hydrogens is 270 g/mol. The molecule has 0 aliphatic rings. The van der Waals surface area contributed by atoms with Crippen molar-refractivity contribution >= 4 is 17.7 Å². The van der Waals surface area contributed by atoms with Gasteiger partial charge in [-0.2, -0.15) is 0 Å². The van der Waals surface area contributed by atoms with Gasteiger partial charge in [0.25, 0.3) is 0 Å². The van der Waals surface area contributed by atoms with Crippen molar-refractivity contribution in [3.05, 3.63) is 53.9 Å². The molecule has 1 aromatic heterocycles. The van der Waals surface area contributed by atoms with Crippen molar-refractivity contribution in [2.75, 3.05) is 5.75 Å². The van der Waals surface area contributed by atoms with Crippen LogP contribution < -0.4 is 5.32 Å². The Balaban J connectivity index is 1.84. The van der Waals surface area contributed by atoms with Gasteiger partial charge in [-0.15, -0.1) is 0 Å². The molecule has 20 heavy (non-hydrogen) atoms. The standard InChI is InChI=1S/C15H17N3OS/c1-11-8-9-16-15(17-11)20-10-14(19)18-12(2)13-6-4-3-5-7-13/h3-9,12H,10H2,1-2H3,(H,18,19)/t12-/m0/s1. The van der Waals surface area contributed by atoms with Crippen molar-refractivity contribution in [3.8, 4) is 0 Å². The molecule has 0 radical (unpaired) electrons. The number of benzene rings is 1. The van der Waals surface area contributed by atoms with E-state index >= 15 is 0 Å². The lowest BCUT2D eigenvalue weighted by molar-refractivity contribution is -0.119. The fraction of sp³-hybridized carbons (Fsp3) is 0.267. The Bertz CT molecular complexity index is 574. The van der Waals surface area contributed by atoms with Gasteiger partial charge >= 0.3 is 0 Å². The largest absolute Gasteiger partial charge is 0.349 e. The van der Waals surface area contributed by atoms with Gasteiger partial charge in [-0.3, -0.25) is 4.79 Å². The Labute approximate surface area is 123 Å². The Hall–Kier alpha value is -1.88. The van der Waals surface area contributed by atoms with Crippen LogP contribution in [0.4, 0.5) is 0 Å². The van der Waals surface area contributed by atoms with Gasteiger partial charge in [0.05, 0.1) is 11.8 Å². The number of thioether (sulfide) groups is 1. The van der Waals surface area contributed by atoms with Crippen molar-refractivity contribution in [1.29, 1.82) is 0 Å². The number of nitrogens with one attached hydrogen (secondary N) is 1. The number of aromatic nitrogens is 2. The number of hydrogen-bond acceptors (Lipinski definition) is 4. The van der Waals surface area contributed by atoms with Crippen LogP contribution in [-0.2, 0) is 4.79 Å². The van der Waals surface area contributed by atoms with Gasteiger partial charge in [0.2, 0.25) is 5.91 Å². The van der Waals surface area contributed by atoms with Crippen LogP contribution in [-0.4, -0.2) is 21.6 Å². The lowest BCUT2D eigenvalue weighted by Crippen LogP contribution is -2.28. The Morgan fingerprint density at radius 1 is 1.30 bits per heavy atom. The predicted molar refractivity (Wildman–Crippen MR) is 80.5 cm³/mol. The summed E-state index contributed by atoms with van der Waals surface area (Å²) < 4.78 is 0. The third-order valence-corrected chi connectivity index (χ3v) is 3.64. The molecule has 1 N–H and O–H groups in total. The van der Waals surface area contributed by atoms with Gasteiger partial charge in [0.15, 0.2) is 5.16 Å². The average Bonchev–Trinajstić information content (AvgIpc) is 2.46. The quantitative estimate of drug-likeness (QED) is 0.678. The lowest BCUT2D eigenvalue weighted by Gasteiger charge is -2.13. The SMILES string of the molecule is Cc1ccnc(SCC(=O)N[C@@H](C)c2ccccc2)n1. The van der Waals surface area contributed by atoms with E-state index in [1.165, 1.54) is 11.8 Å². The van der Waals surface area contributed by atoms with E-state index in [0.717, 1.165) is 11.3 Å². The maximum Gasteiger partial charge on any atom is 0.230 e. The molecule has 2 rings (SSSR count). The van der Waals surface area contributed by atoms with E-state index < -0.39 is 0 Å². The number of rotatable bonds is 5. The number of nitrogens with zero attached hydrogens (tertiary/aromatic N) is 2. The summed E-state index contributed by atoms with van der Waals surface area (Å²) in [7, 11) is 0. The lowest BCUT2D eigenvalue weighted by atomic mass is 10.1. The Kier molecular flexibility index (Phi) is 5.12. The van der Waals surface area contributed by atoms with Crippen LogP contribution in [0.1, 0.15) is 24.2 Å². The average molecular weight is 287 g/mol. The monoisotopic (exact) mass is 287 g/mol. The molecule has 104 valence electrons. The smallest absolute Gasteiger partial charge is 0.230 e. The molecule has 0 bridgehead atoms. The van der Waals surface area contributed by atoms with Crippen LogP contribution in [0.15, 0.2) is 47.8 Å². The third kappa shape index (κ3) is 4.35. The molecule has 1 heterocycles. The molecule has 1 amide bonds. The summed E-state index contributed by atoms with van der Waals surface area (Å²) in [6, 6.07) is 11.7. The number of aryl methyl sites for hydroxylation is 1. The second-order valence-electron chi connectivity index (χ2n) is 4.47. The maximum absolute atomic E-state index is 11.9. The zero-order valence-electron chi connectivity index (χ0n) is 11.5. The van der Waals surface area contributed by atoms with Crippen molar-refractivity contribution in [2.45, 2.75) is 25.0 Å². The van der Waals surface area contributed by atoms with Gasteiger partial charge in [-0.1, -0.05) is 42.1 Å². The van der Waals surface area contributed by atoms with Crippen LogP contribution in [0.25, 0.3) is 0 Å². The summed E-state index contributed by atoms with van der Waals surface area (Å²) in [5, 5.41) is 3.60. The molecule has 0 saturated carbocycles. The highest BCUT2D eigenvalue weighted by molar-refractivity contribution is 7.99. The molecule has 0 unspecified atom stereocenters. The first-order valence-electron chi connectivity index (χ1n) is 6.42. The molecule has 2 aromatic rings. The highest BCUT2D eigenvalue weighted by Crippen LogP contribution is 2.14. The van der Waals surface area contributed by atoms with E-state index in [9.17, 15) is 4.79 Å². The number of amides is 1. The predicted octanol–water partition coefficient (Wildman–Crippen LogP) is 2.75. The third-order valence-electron chi connectivity index (χ3n) is 2.78. The zero-order chi connectivity index (χ0) is 14.4. The van der Waals surface area contributed by atoms with Crippen LogP contribution >= 0.6 is 11.8 Å². The summed E-state index contributed by atoms with van der Waals surface area (Å²) in [4.78, 5) is 20.3. The number of carbonyl (C=O) groups excluding carboxylic acids is 1. The van der Waals surface area contributed by atoms with E-state index in [4.69, 9.17) is 0 Å². The first kappa shape index (κ1) is 14.5. The van der Waals surface area contributed by atoms with Crippen LogP contribution in [0.2, 0.25) is 0 Å². The minimum atomic E-state index is -0.0172. The number of carbonyl (C=O) groups is 1. The number of hydrogen-bond donors (Lipinski definition) is 1. The second kappa shape index (κ2) is 7.05. The molecule has 0 aliphatic heterocycles. The van der Waals surface area contributed by atoms with Crippen molar-refractivity contribution in [2.24, 2.45) is 0 Å². The van der Waals surface area contributed by atoms with Crippen molar-refractivity contribution in [1.82, 2.24) is 15.3 Å². The van der Waals surface area contributed by atoms with Gasteiger partial charge in [0, 0.05) is 11.9 Å². The Morgan fingerprint density at radius 3 is 2.75 bits per heavy atom. The Morgan fingerprint density at radius 2 is 2.05 bits per heavy atom. The molecule has 1 aromatic carbocycles. The van der Waals surface area contributed by atoms with E-state index in [1.807, 2.05) is 50.2 Å². The van der Waals surface area contributed by atoms with Crippen LogP contribution in [0.5, 0.6) is 0 Å². The summed E-state index contributed by atoms with van der Waals surface area (Å²) in [5.74, 6) is 0.303. The van der Waals surface area contributed by atoms with Gasteiger partial charge in [-0.25, -0.2) is 9.97 Å². The molecule has 0 saturated heterocycles. The van der Waals surface area contributed by atoms with Gasteiger partial charge in [-0.05, 0) is 25.5 Å². The first-order chi connectivity index (χ1) is 9.65. The zero-order valence-corrected chi connectivity index (χ0v) is 12.4. The molecule has 0 spiro atoms. The van der Waals surface area contributed by atoms with E-state index in [-0.39, 0.29) is 11.9 Å². The fourth-order valence-electron chi connectivity index (χ4n) is 1.73. The van der Waals surface area contributed by atoms with E-state index in [2.05, 4.69) is 15.3 Å². The molecular formula is C15H17N3OS. The molecule has 4 nitrogen and oxygen atoms in total. The maximum atomic E-state index is 11.9. The van der Waals surface area contributed by atoms with E-state index in [1.54, 1.807) is 6.20 Å². The van der Waals surface area contributed by atoms with Gasteiger partial charge in [0.1, 0.15) is 0 Å². The van der Waals surface area contributed by atoms with Crippen LogP contribution in [0, 0.1) is 6.92 Å². The normalized spacial score (nSPS) is 11.9. The fourth-order valence-corrected chi connectivity index (χ4v) is 2.42. The highest BCUT2D eigenvalue weighted by atomic mass is 32.2.